The highest BCUT2D eigenvalue weighted by Gasteiger charge is 2.21. The van der Waals surface area contributed by atoms with Gasteiger partial charge in [-0.3, -0.25) is 9.89 Å². The minimum Gasteiger partial charge on any atom is -0.371 e. The van der Waals surface area contributed by atoms with E-state index in [1.165, 1.54) is 11.1 Å². The van der Waals surface area contributed by atoms with Crippen LogP contribution in [0.5, 0.6) is 0 Å². The third kappa shape index (κ3) is 2.83. The van der Waals surface area contributed by atoms with Crippen molar-refractivity contribution in [1.82, 2.24) is 15.5 Å². The Bertz CT molecular complexity index is 644. The van der Waals surface area contributed by atoms with Crippen LogP contribution in [0.4, 0.5) is 0 Å². The van der Waals surface area contributed by atoms with Crippen molar-refractivity contribution in [3.05, 3.63) is 52.3 Å². The fourth-order valence-corrected chi connectivity index (χ4v) is 2.72. The van der Waals surface area contributed by atoms with E-state index in [1.54, 1.807) is 0 Å². The van der Waals surface area contributed by atoms with Gasteiger partial charge in [-0.25, -0.2) is 0 Å². The number of nitrogens with one attached hydrogen (secondary N) is 2. The van der Waals surface area contributed by atoms with Crippen LogP contribution in [0, 0.1) is 13.8 Å². The molecule has 1 aromatic carbocycles. The molecule has 21 heavy (non-hydrogen) atoms. The number of amides is 1. The highest BCUT2D eigenvalue weighted by Crippen LogP contribution is 2.20. The third-order valence-electron chi connectivity index (χ3n) is 3.89. The molecule has 5 nitrogen and oxygen atoms in total. The fraction of sp³-hybridized carbons (Fsp3) is 0.375. The van der Waals surface area contributed by atoms with Gasteiger partial charge in [-0.1, -0.05) is 24.3 Å². The number of hydrogen-bond donors (Lipinski definition) is 2. The summed E-state index contributed by atoms with van der Waals surface area (Å²) in [5.74, 6) is -0.0961. The van der Waals surface area contributed by atoms with Crippen LogP contribution < -0.4 is 5.32 Å². The molecule has 2 N–H and O–H groups in total. The number of carbonyl (C=O) groups excluding carboxylic acids is 1. The Balaban J connectivity index is 1.61. The number of rotatable bonds is 3. The van der Waals surface area contributed by atoms with Crippen molar-refractivity contribution in [3.8, 4) is 0 Å². The molecule has 1 aliphatic heterocycles. The first-order chi connectivity index (χ1) is 10.1. The van der Waals surface area contributed by atoms with Crippen LogP contribution in [0.3, 0.4) is 0 Å². The van der Waals surface area contributed by atoms with Gasteiger partial charge in [0.1, 0.15) is 0 Å². The average Bonchev–Trinajstić information content (AvgIpc) is 2.84. The maximum Gasteiger partial charge on any atom is 0.255 e. The van der Waals surface area contributed by atoms with Crippen molar-refractivity contribution in [1.29, 1.82) is 0 Å². The smallest absolute Gasteiger partial charge is 0.255 e. The topological polar surface area (TPSA) is 67.0 Å². The summed E-state index contributed by atoms with van der Waals surface area (Å²) in [5, 5.41) is 9.81. The summed E-state index contributed by atoms with van der Waals surface area (Å²) in [6.07, 6.45) is 0.858. The molecule has 0 aliphatic carbocycles. The summed E-state index contributed by atoms with van der Waals surface area (Å²) >= 11 is 0. The van der Waals surface area contributed by atoms with Gasteiger partial charge in [0, 0.05) is 18.7 Å². The van der Waals surface area contributed by atoms with Gasteiger partial charge in [0.25, 0.3) is 5.91 Å². The summed E-state index contributed by atoms with van der Waals surface area (Å²) < 4.78 is 5.79. The van der Waals surface area contributed by atoms with Crippen LogP contribution in [0.25, 0.3) is 0 Å². The SMILES string of the molecule is Cc1n[nH]c(C)c1C(=O)NCC1Cc2ccccc2CO1. The molecule has 2 heterocycles. The lowest BCUT2D eigenvalue weighted by Gasteiger charge is -2.25. The Hall–Kier alpha value is -2.14. The van der Waals surface area contributed by atoms with E-state index in [9.17, 15) is 4.79 Å². The van der Waals surface area contributed by atoms with Crippen molar-refractivity contribution in [2.24, 2.45) is 0 Å². The highest BCUT2D eigenvalue weighted by atomic mass is 16.5. The molecule has 1 aromatic heterocycles. The molecule has 110 valence electrons. The zero-order chi connectivity index (χ0) is 14.8. The number of aromatic amines is 1. The largest absolute Gasteiger partial charge is 0.371 e. The first-order valence-corrected chi connectivity index (χ1v) is 7.13. The van der Waals surface area contributed by atoms with Crippen LogP contribution >= 0.6 is 0 Å². The van der Waals surface area contributed by atoms with E-state index in [0.717, 1.165) is 17.8 Å². The number of fused-ring (bicyclic) bond motifs is 1. The molecular formula is C16H19N3O2. The minimum absolute atomic E-state index is 0.0244. The first kappa shape index (κ1) is 13.8. The number of aryl methyl sites for hydroxylation is 2. The van der Waals surface area contributed by atoms with Crippen LogP contribution in [-0.2, 0) is 17.8 Å². The number of ether oxygens (including phenoxy) is 1. The Morgan fingerprint density at radius 3 is 2.86 bits per heavy atom. The summed E-state index contributed by atoms with van der Waals surface area (Å²) in [7, 11) is 0. The van der Waals surface area contributed by atoms with E-state index in [0.29, 0.717) is 18.7 Å². The normalized spacial score (nSPS) is 17.3. The quantitative estimate of drug-likeness (QED) is 0.905. The number of hydrogen-bond acceptors (Lipinski definition) is 3. The maximum absolute atomic E-state index is 12.2. The molecule has 0 radical (unpaired) electrons. The standard InChI is InChI=1S/C16H19N3O2/c1-10-15(11(2)19-18-10)16(20)17-8-14-7-12-5-3-4-6-13(12)9-21-14/h3-6,14H,7-9H2,1-2H3,(H,17,20)(H,18,19). The van der Waals surface area contributed by atoms with Crippen molar-refractivity contribution < 1.29 is 9.53 Å². The lowest BCUT2D eigenvalue weighted by Crippen LogP contribution is -2.37. The predicted octanol–water partition coefficient (Wildman–Crippen LogP) is 1.90. The van der Waals surface area contributed by atoms with Crippen LogP contribution in [0.2, 0.25) is 0 Å². The second-order valence-electron chi connectivity index (χ2n) is 5.42. The third-order valence-corrected chi connectivity index (χ3v) is 3.89. The van der Waals surface area contributed by atoms with Gasteiger partial charge in [0.05, 0.1) is 24.0 Å². The zero-order valence-electron chi connectivity index (χ0n) is 12.3. The van der Waals surface area contributed by atoms with Gasteiger partial charge < -0.3 is 10.1 Å². The molecule has 0 saturated heterocycles. The summed E-state index contributed by atoms with van der Waals surface area (Å²) in [5.41, 5.74) is 4.69. The monoisotopic (exact) mass is 285 g/mol. The molecule has 5 heteroatoms. The summed E-state index contributed by atoms with van der Waals surface area (Å²) in [6.45, 7) is 4.80. The van der Waals surface area contributed by atoms with Gasteiger partial charge in [0.15, 0.2) is 0 Å². The molecule has 2 aromatic rings. The van der Waals surface area contributed by atoms with Crippen LogP contribution in [0.15, 0.2) is 24.3 Å². The van der Waals surface area contributed by atoms with E-state index >= 15 is 0 Å². The Morgan fingerprint density at radius 1 is 1.38 bits per heavy atom. The van der Waals surface area contributed by atoms with Crippen LogP contribution in [-0.4, -0.2) is 28.8 Å². The molecule has 1 unspecified atom stereocenters. The number of carbonyl (C=O) groups is 1. The molecule has 0 fully saturated rings. The summed E-state index contributed by atoms with van der Waals surface area (Å²) in [6, 6.07) is 8.27. The van der Waals surface area contributed by atoms with Crippen molar-refractivity contribution >= 4 is 5.91 Å². The Labute approximate surface area is 123 Å². The van der Waals surface area contributed by atoms with Crippen molar-refractivity contribution in [2.45, 2.75) is 33.0 Å². The molecule has 3 rings (SSSR count). The average molecular weight is 285 g/mol. The van der Waals surface area contributed by atoms with E-state index < -0.39 is 0 Å². The van der Waals surface area contributed by atoms with Gasteiger partial charge in [0.2, 0.25) is 0 Å². The maximum atomic E-state index is 12.2. The molecular weight excluding hydrogens is 266 g/mol. The number of benzene rings is 1. The van der Waals surface area contributed by atoms with Gasteiger partial charge in [-0.2, -0.15) is 5.10 Å². The number of aromatic nitrogens is 2. The van der Waals surface area contributed by atoms with Gasteiger partial charge >= 0.3 is 0 Å². The molecule has 0 spiro atoms. The lowest BCUT2D eigenvalue weighted by molar-refractivity contribution is 0.0285. The highest BCUT2D eigenvalue weighted by molar-refractivity contribution is 5.96. The lowest BCUT2D eigenvalue weighted by atomic mass is 9.99. The van der Waals surface area contributed by atoms with Crippen LogP contribution in [0.1, 0.15) is 32.9 Å². The molecule has 1 atom stereocenters. The minimum atomic E-state index is -0.0961. The second kappa shape index (κ2) is 5.69. The number of nitrogens with zero attached hydrogens (tertiary/aromatic N) is 1. The van der Waals surface area contributed by atoms with Gasteiger partial charge in [-0.05, 0) is 25.0 Å². The first-order valence-electron chi connectivity index (χ1n) is 7.13. The molecule has 1 amide bonds. The molecule has 1 aliphatic rings. The van der Waals surface area contributed by atoms with Crippen molar-refractivity contribution in [2.75, 3.05) is 6.54 Å². The number of H-pyrrole nitrogens is 1. The van der Waals surface area contributed by atoms with E-state index in [2.05, 4.69) is 27.6 Å². The van der Waals surface area contributed by atoms with Gasteiger partial charge in [-0.15, -0.1) is 0 Å². The van der Waals surface area contributed by atoms with E-state index in [-0.39, 0.29) is 12.0 Å². The predicted molar refractivity (Wildman–Crippen MR) is 79.1 cm³/mol. The fourth-order valence-electron chi connectivity index (χ4n) is 2.72. The zero-order valence-corrected chi connectivity index (χ0v) is 12.3. The van der Waals surface area contributed by atoms with Crippen molar-refractivity contribution in [3.63, 3.8) is 0 Å². The summed E-state index contributed by atoms with van der Waals surface area (Å²) in [4.78, 5) is 12.2. The second-order valence-corrected chi connectivity index (χ2v) is 5.42. The van der Waals surface area contributed by atoms with E-state index in [4.69, 9.17) is 4.74 Å². The van der Waals surface area contributed by atoms with E-state index in [1.807, 2.05) is 26.0 Å². The Morgan fingerprint density at radius 2 is 2.14 bits per heavy atom. The molecule has 0 saturated carbocycles. The Kier molecular flexibility index (Phi) is 3.75. The molecule has 0 bridgehead atoms.